The maximum Gasteiger partial charge on any atom is 0.255 e. The predicted octanol–water partition coefficient (Wildman–Crippen LogP) is 4.12. The predicted molar refractivity (Wildman–Crippen MR) is 90.7 cm³/mol. The molecule has 0 atom stereocenters. The zero-order chi connectivity index (χ0) is 15.2. The molecule has 0 radical (unpaired) electrons. The number of hydrogen-bond acceptors (Lipinski definition) is 2. The lowest BCUT2D eigenvalue weighted by atomic mass is 10.1. The van der Waals surface area contributed by atoms with Crippen molar-refractivity contribution in [3.63, 3.8) is 0 Å². The molecule has 0 aromatic heterocycles. The summed E-state index contributed by atoms with van der Waals surface area (Å²) in [6.45, 7) is 5.73. The fourth-order valence-corrected chi connectivity index (χ4v) is 2.43. The van der Waals surface area contributed by atoms with Gasteiger partial charge in [0.15, 0.2) is 0 Å². The summed E-state index contributed by atoms with van der Waals surface area (Å²) in [7, 11) is 0. The molecule has 0 saturated carbocycles. The van der Waals surface area contributed by atoms with Gasteiger partial charge in [-0.1, -0.05) is 41.1 Å². The first-order valence-electron chi connectivity index (χ1n) is 6.97. The molecule has 0 aliphatic carbocycles. The first-order chi connectivity index (χ1) is 10.1. The number of benzene rings is 2. The topological polar surface area (TPSA) is 41.1 Å². The Kier molecular flexibility index (Phi) is 5.53. The summed E-state index contributed by atoms with van der Waals surface area (Å²) in [5, 5.41) is 6.23. The third-order valence-electron chi connectivity index (χ3n) is 3.21. The minimum absolute atomic E-state index is 0.0885. The van der Waals surface area contributed by atoms with Gasteiger partial charge in [0.25, 0.3) is 5.91 Å². The maximum atomic E-state index is 12.4. The lowest BCUT2D eigenvalue weighted by molar-refractivity contribution is 0.102. The summed E-state index contributed by atoms with van der Waals surface area (Å²) in [4.78, 5) is 12.4. The van der Waals surface area contributed by atoms with Crippen LogP contribution >= 0.6 is 15.9 Å². The molecule has 0 unspecified atom stereocenters. The van der Waals surface area contributed by atoms with Crippen molar-refractivity contribution in [1.29, 1.82) is 0 Å². The van der Waals surface area contributed by atoms with Crippen molar-refractivity contribution in [3.8, 4) is 0 Å². The van der Waals surface area contributed by atoms with Crippen LogP contribution in [0, 0.1) is 6.92 Å². The monoisotopic (exact) mass is 346 g/mol. The fourth-order valence-electron chi connectivity index (χ4n) is 2.07. The minimum atomic E-state index is -0.0885. The van der Waals surface area contributed by atoms with Crippen molar-refractivity contribution in [3.05, 3.63) is 63.6 Å². The number of carbonyl (C=O) groups is 1. The Labute approximate surface area is 133 Å². The molecular weight excluding hydrogens is 328 g/mol. The van der Waals surface area contributed by atoms with Gasteiger partial charge in [0, 0.05) is 22.3 Å². The Hall–Kier alpha value is -1.65. The highest BCUT2D eigenvalue weighted by molar-refractivity contribution is 9.10. The second-order valence-electron chi connectivity index (χ2n) is 4.89. The van der Waals surface area contributed by atoms with E-state index in [0.717, 1.165) is 34.4 Å². The first-order valence-corrected chi connectivity index (χ1v) is 7.76. The second kappa shape index (κ2) is 7.38. The largest absolute Gasteiger partial charge is 0.322 e. The zero-order valence-electron chi connectivity index (χ0n) is 12.2. The lowest BCUT2D eigenvalue weighted by Gasteiger charge is -2.10. The minimum Gasteiger partial charge on any atom is -0.322 e. The van der Waals surface area contributed by atoms with Crippen LogP contribution in [-0.4, -0.2) is 12.5 Å². The van der Waals surface area contributed by atoms with Crippen LogP contribution in [0.3, 0.4) is 0 Å². The smallest absolute Gasteiger partial charge is 0.255 e. The third-order valence-corrected chi connectivity index (χ3v) is 3.70. The van der Waals surface area contributed by atoms with Crippen molar-refractivity contribution in [1.82, 2.24) is 5.32 Å². The van der Waals surface area contributed by atoms with Crippen LogP contribution < -0.4 is 10.6 Å². The zero-order valence-corrected chi connectivity index (χ0v) is 13.8. The van der Waals surface area contributed by atoms with E-state index in [1.54, 1.807) is 0 Å². The molecule has 0 heterocycles. The standard InChI is InChI=1S/C17H19BrN2O/c1-3-19-11-13-5-4-6-15(9-13)20-17(21)16-10-14(18)8-7-12(16)2/h4-10,19H,3,11H2,1-2H3,(H,20,21). The molecule has 2 aromatic rings. The van der Waals surface area contributed by atoms with Crippen molar-refractivity contribution in [2.75, 3.05) is 11.9 Å². The number of rotatable bonds is 5. The first kappa shape index (κ1) is 15.7. The van der Waals surface area contributed by atoms with Crippen LogP contribution in [0.2, 0.25) is 0 Å². The van der Waals surface area contributed by atoms with E-state index in [-0.39, 0.29) is 5.91 Å². The normalized spacial score (nSPS) is 10.4. The Bertz CT molecular complexity index is 640. The van der Waals surface area contributed by atoms with E-state index in [1.165, 1.54) is 0 Å². The fraction of sp³-hybridized carbons (Fsp3) is 0.235. The quantitative estimate of drug-likeness (QED) is 0.854. The molecule has 0 saturated heterocycles. The van der Waals surface area contributed by atoms with E-state index in [4.69, 9.17) is 0 Å². The van der Waals surface area contributed by atoms with Crippen LogP contribution in [0.25, 0.3) is 0 Å². The van der Waals surface area contributed by atoms with E-state index in [1.807, 2.05) is 49.4 Å². The molecule has 110 valence electrons. The highest BCUT2D eigenvalue weighted by atomic mass is 79.9. The molecule has 0 spiro atoms. The van der Waals surface area contributed by atoms with E-state index < -0.39 is 0 Å². The van der Waals surface area contributed by atoms with E-state index in [2.05, 4.69) is 33.5 Å². The molecule has 0 bridgehead atoms. The highest BCUT2D eigenvalue weighted by Gasteiger charge is 2.10. The molecule has 3 nitrogen and oxygen atoms in total. The van der Waals surface area contributed by atoms with Crippen molar-refractivity contribution in [2.24, 2.45) is 0 Å². The van der Waals surface area contributed by atoms with Crippen molar-refractivity contribution in [2.45, 2.75) is 20.4 Å². The van der Waals surface area contributed by atoms with Gasteiger partial charge in [-0.25, -0.2) is 0 Å². The van der Waals surface area contributed by atoms with Gasteiger partial charge in [0.1, 0.15) is 0 Å². The number of aryl methyl sites for hydroxylation is 1. The van der Waals surface area contributed by atoms with Gasteiger partial charge < -0.3 is 10.6 Å². The summed E-state index contributed by atoms with van der Waals surface area (Å²) < 4.78 is 0.902. The van der Waals surface area contributed by atoms with Crippen LogP contribution in [0.15, 0.2) is 46.9 Å². The van der Waals surface area contributed by atoms with Gasteiger partial charge >= 0.3 is 0 Å². The number of halogens is 1. The van der Waals surface area contributed by atoms with Gasteiger partial charge in [-0.05, 0) is 48.9 Å². The highest BCUT2D eigenvalue weighted by Crippen LogP contribution is 2.18. The van der Waals surface area contributed by atoms with E-state index in [9.17, 15) is 4.79 Å². The molecule has 0 aliphatic rings. The second-order valence-corrected chi connectivity index (χ2v) is 5.81. The van der Waals surface area contributed by atoms with Gasteiger partial charge in [0.05, 0.1) is 0 Å². The Morgan fingerprint density at radius 1 is 1.19 bits per heavy atom. The molecule has 0 aliphatic heterocycles. The van der Waals surface area contributed by atoms with Crippen LogP contribution in [0.4, 0.5) is 5.69 Å². The van der Waals surface area contributed by atoms with Crippen LogP contribution in [0.5, 0.6) is 0 Å². The Morgan fingerprint density at radius 3 is 2.76 bits per heavy atom. The summed E-state index contributed by atoms with van der Waals surface area (Å²) in [5.41, 5.74) is 3.61. The molecule has 2 aromatic carbocycles. The molecule has 21 heavy (non-hydrogen) atoms. The Morgan fingerprint density at radius 2 is 2.00 bits per heavy atom. The lowest BCUT2D eigenvalue weighted by Crippen LogP contribution is -2.15. The van der Waals surface area contributed by atoms with Crippen LogP contribution in [-0.2, 0) is 6.54 Å². The molecule has 1 amide bonds. The van der Waals surface area contributed by atoms with Crippen molar-refractivity contribution < 1.29 is 4.79 Å². The third kappa shape index (κ3) is 4.41. The molecular formula is C17H19BrN2O. The number of amides is 1. The van der Waals surface area contributed by atoms with Crippen molar-refractivity contribution >= 4 is 27.5 Å². The molecule has 2 N–H and O–H groups in total. The van der Waals surface area contributed by atoms with E-state index >= 15 is 0 Å². The molecule has 2 rings (SSSR count). The van der Waals surface area contributed by atoms with Gasteiger partial charge in [-0.2, -0.15) is 0 Å². The van der Waals surface area contributed by atoms with E-state index in [0.29, 0.717) is 5.56 Å². The Balaban J connectivity index is 2.14. The SMILES string of the molecule is CCNCc1cccc(NC(=O)c2cc(Br)ccc2C)c1. The summed E-state index contributed by atoms with van der Waals surface area (Å²) in [6, 6.07) is 13.6. The number of carbonyl (C=O) groups excluding carboxylic acids is 1. The van der Waals surface area contributed by atoms with Gasteiger partial charge in [-0.3, -0.25) is 4.79 Å². The summed E-state index contributed by atoms with van der Waals surface area (Å²) >= 11 is 3.40. The average molecular weight is 347 g/mol. The summed E-state index contributed by atoms with van der Waals surface area (Å²) in [5.74, 6) is -0.0885. The maximum absolute atomic E-state index is 12.4. The number of hydrogen-bond donors (Lipinski definition) is 2. The van der Waals surface area contributed by atoms with Gasteiger partial charge in [-0.15, -0.1) is 0 Å². The number of anilines is 1. The molecule has 0 fully saturated rings. The number of nitrogens with one attached hydrogen (secondary N) is 2. The average Bonchev–Trinajstić information content (AvgIpc) is 2.48. The van der Waals surface area contributed by atoms with Crippen LogP contribution in [0.1, 0.15) is 28.4 Å². The molecule has 4 heteroatoms. The van der Waals surface area contributed by atoms with Gasteiger partial charge in [0.2, 0.25) is 0 Å². The summed E-state index contributed by atoms with van der Waals surface area (Å²) in [6.07, 6.45) is 0.